The van der Waals surface area contributed by atoms with E-state index in [1.165, 1.54) is 18.2 Å². The molecule has 0 aromatic heterocycles. The van der Waals surface area contributed by atoms with E-state index in [1.54, 1.807) is 26.0 Å². The number of nitro benzene ring substituents is 1. The average molecular weight is 314 g/mol. The number of non-ortho nitro benzene ring substituents is 1. The van der Waals surface area contributed by atoms with Crippen molar-refractivity contribution in [3.63, 3.8) is 0 Å². The molecule has 0 atom stereocenters. The molecule has 0 fully saturated rings. The molecule has 0 spiro atoms. The number of halogens is 1. The Morgan fingerprint density at radius 2 is 1.94 bits per heavy atom. The van der Waals surface area contributed by atoms with Crippen LogP contribution in [-0.4, -0.2) is 17.0 Å². The van der Waals surface area contributed by atoms with Crippen molar-refractivity contribution in [3.05, 3.63) is 46.0 Å². The molecule has 1 aromatic rings. The molecular formula is C12H12BrNO4. The Bertz CT molecular complexity index is 479. The number of esters is 1. The van der Waals surface area contributed by atoms with Crippen LogP contribution in [0.4, 0.5) is 5.69 Å². The Balaban J connectivity index is 2.83. The smallest absolute Gasteiger partial charge is 0.332 e. The number of rotatable bonds is 4. The lowest BCUT2D eigenvalue weighted by molar-refractivity contribution is -0.384. The van der Waals surface area contributed by atoms with Crippen molar-refractivity contribution in [3.8, 4) is 0 Å². The van der Waals surface area contributed by atoms with Gasteiger partial charge in [-0.2, -0.15) is 0 Å². The first-order chi connectivity index (χ1) is 8.40. The van der Waals surface area contributed by atoms with E-state index >= 15 is 0 Å². The zero-order chi connectivity index (χ0) is 13.7. The van der Waals surface area contributed by atoms with Gasteiger partial charge in [-0.3, -0.25) is 10.1 Å². The summed E-state index contributed by atoms with van der Waals surface area (Å²) in [5.41, 5.74) is 0.671. The molecule has 0 radical (unpaired) electrons. The number of nitrogens with zero attached hydrogens (tertiary/aromatic N) is 1. The molecule has 0 heterocycles. The Labute approximate surface area is 113 Å². The van der Waals surface area contributed by atoms with Crippen molar-refractivity contribution < 1.29 is 14.5 Å². The zero-order valence-corrected chi connectivity index (χ0v) is 11.5. The zero-order valence-electron chi connectivity index (χ0n) is 9.92. The minimum Gasteiger partial charge on any atom is -0.460 e. The summed E-state index contributed by atoms with van der Waals surface area (Å²) in [5, 5.41) is 10.5. The maximum atomic E-state index is 11.4. The minimum atomic E-state index is -0.478. The van der Waals surface area contributed by atoms with E-state index in [4.69, 9.17) is 4.74 Å². The van der Waals surface area contributed by atoms with Gasteiger partial charge in [0.2, 0.25) is 0 Å². The number of carbonyl (C=O) groups excluding carboxylic acids is 1. The van der Waals surface area contributed by atoms with E-state index in [1.807, 2.05) is 0 Å². The van der Waals surface area contributed by atoms with Gasteiger partial charge >= 0.3 is 5.97 Å². The van der Waals surface area contributed by atoms with Crippen LogP contribution >= 0.6 is 15.9 Å². The standard InChI is InChI=1S/C12H12BrNO4/c1-8(2)18-12(15)7-11(13)9-3-5-10(6-4-9)14(16)17/h3-8H,1-2H3. The summed E-state index contributed by atoms with van der Waals surface area (Å²) in [4.78, 5) is 21.4. The minimum absolute atomic E-state index is 0.00352. The third-order valence-corrected chi connectivity index (χ3v) is 2.64. The van der Waals surface area contributed by atoms with Crippen LogP contribution in [0.1, 0.15) is 19.4 Å². The molecular weight excluding hydrogens is 302 g/mol. The highest BCUT2D eigenvalue weighted by molar-refractivity contribution is 9.15. The summed E-state index contributed by atoms with van der Waals surface area (Å²) in [6.07, 6.45) is 1.10. The average Bonchev–Trinajstić information content (AvgIpc) is 2.27. The van der Waals surface area contributed by atoms with Gasteiger partial charge in [0.25, 0.3) is 5.69 Å². The lowest BCUT2D eigenvalue weighted by atomic mass is 10.2. The third kappa shape index (κ3) is 4.29. The summed E-state index contributed by atoms with van der Waals surface area (Å²) in [7, 11) is 0. The molecule has 0 amide bonds. The summed E-state index contributed by atoms with van der Waals surface area (Å²) in [6, 6.07) is 5.86. The van der Waals surface area contributed by atoms with Crippen LogP contribution in [-0.2, 0) is 9.53 Å². The molecule has 0 unspecified atom stereocenters. The lowest BCUT2D eigenvalue weighted by Gasteiger charge is -2.05. The van der Waals surface area contributed by atoms with Crippen molar-refractivity contribution in [1.82, 2.24) is 0 Å². The molecule has 0 aliphatic rings. The fraction of sp³-hybridized carbons (Fsp3) is 0.250. The monoisotopic (exact) mass is 313 g/mol. The highest BCUT2D eigenvalue weighted by atomic mass is 79.9. The molecule has 6 heteroatoms. The van der Waals surface area contributed by atoms with Gasteiger partial charge < -0.3 is 4.74 Å². The van der Waals surface area contributed by atoms with Crippen LogP contribution in [0.3, 0.4) is 0 Å². The van der Waals surface area contributed by atoms with E-state index in [0.29, 0.717) is 10.0 Å². The van der Waals surface area contributed by atoms with Gasteiger partial charge in [-0.1, -0.05) is 0 Å². The molecule has 5 nitrogen and oxygen atoms in total. The Morgan fingerprint density at radius 3 is 2.39 bits per heavy atom. The first-order valence-electron chi connectivity index (χ1n) is 5.23. The van der Waals surface area contributed by atoms with Crippen molar-refractivity contribution >= 4 is 32.1 Å². The Hall–Kier alpha value is -1.69. The van der Waals surface area contributed by atoms with E-state index < -0.39 is 10.9 Å². The van der Waals surface area contributed by atoms with E-state index in [-0.39, 0.29) is 11.8 Å². The molecule has 0 saturated heterocycles. The van der Waals surface area contributed by atoms with Crippen molar-refractivity contribution in [2.45, 2.75) is 20.0 Å². The van der Waals surface area contributed by atoms with Crippen LogP contribution in [0, 0.1) is 10.1 Å². The number of nitro groups is 1. The second kappa shape index (κ2) is 6.30. The fourth-order valence-corrected chi connectivity index (χ4v) is 1.65. The summed E-state index contributed by atoms with van der Waals surface area (Å²) < 4.78 is 5.47. The second-order valence-corrected chi connectivity index (χ2v) is 4.64. The maximum Gasteiger partial charge on any atom is 0.332 e. The molecule has 0 bridgehead atoms. The predicted molar refractivity (Wildman–Crippen MR) is 71.2 cm³/mol. The van der Waals surface area contributed by atoms with Crippen molar-refractivity contribution in [2.75, 3.05) is 0 Å². The van der Waals surface area contributed by atoms with Crippen LogP contribution in [0.5, 0.6) is 0 Å². The van der Waals surface area contributed by atoms with Crippen LogP contribution in [0.15, 0.2) is 30.3 Å². The van der Waals surface area contributed by atoms with E-state index in [2.05, 4.69) is 15.9 Å². The summed E-state index contributed by atoms with van der Waals surface area (Å²) in [5.74, 6) is -0.463. The van der Waals surface area contributed by atoms with Gasteiger partial charge in [-0.15, -0.1) is 0 Å². The maximum absolute atomic E-state index is 11.4. The predicted octanol–water partition coefficient (Wildman–Crippen LogP) is 3.28. The molecule has 1 aromatic carbocycles. The SMILES string of the molecule is CC(C)OC(=O)C=C(Br)c1ccc([N+](=O)[O-])cc1. The van der Waals surface area contributed by atoms with Gasteiger partial charge in [0.1, 0.15) is 0 Å². The molecule has 0 saturated carbocycles. The Kier molecular flexibility index (Phi) is 5.03. The van der Waals surface area contributed by atoms with E-state index in [9.17, 15) is 14.9 Å². The van der Waals surface area contributed by atoms with Crippen molar-refractivity contribution in [2.24, 2.45) is 0 Å². The topological polar surface area (TPSA) is 69.4 Å². The second-order valence-electron chi connectivity index (χ2n) is 3.78. The van der Waals surface area contributed by atoms with Gasteiger partial charge in [-0.05, 0) is 47.5 Å². The fourth-order valence-electron chi connectivity index (χ4n) is 1.20. The molecule has 96 valence electrons. The summed E-state index contributed by atoms with van der Waals surface area (Å²) in [6.45, 7) is 3.51. The Morgan fingerprint density at radius 1 is 1.39 bits per heavy atom. The van der Waals surface area contributed by atoms with Crippen LogP contribution < -0.4 is 0 Å². The molecule has 1 rings (SSSR count). The molecule has 0 aliphatic heterocycles. The number of hydrogen-bond acceptors (Lipinski definition) is 4. The van der Waals surface area contributed by atoms with Gasteiger partial charge in [0, 0.05) is 22.7 Å². The normalized spacial score (nSPS) is 11.4. The van der Waals surface area contributed by atoms with Crippen LogP contribution in [0.25, 0.3) is 4.48 Å². The molecule has 18 heavy (non-hydrogen) atoms. The number of benzene rings is 1. The highest BCUT2D eigenvalue weighted by Gasteiger charge is 2.08. The summed E-state index contributed by atoms with van der Waals surface area (Å²) >= 11 is 3.23. The molecule has 0 N–H and O–H groups in total. The van der Waals surface area contributed by atoms with Gasteiger partial charge in [0.15, 0.2) is 0 Å². The largest absolute Gasteiger partial charge is 0.460 e. The first-order valence-corrected chi connectivity index (χ1v) is 6.02. The first kappa shape index (κ1) is 14.4. The van der Waals surface area contributed by atoms with Gasteiger partial charge in [-0.25, -0.2) is 4.79 Å². The number of carbonyl (C=O) groups is 1. The van der Waals surface area contributed by atoms with Gasteiger partial charge in [0.05, 0.1) is 11.0 Å². The highest BCUT2D eigenvalue weighted by Crippen LogP contribution is 2.23. The third-order valence-electron chi connectivity index (χ3n) is 1.95. The van der Waals surface area contributed by atoms with Crippen LogP contribution in [0.2, 0.25) is 0 Å². The number of hydrogen-bond donors (Lipinski definition) is 0. The van der Waals surface area contributed by atoms with E-state index in [0.717, 1.165) is 0 Å². The van der Waals surface area contributed by atoms with Crippen molar-refractivity contribution in [1.29, 1.82) is 0 Å². The molecule has 0 aliphatic carbocycles. The lowest BCUT2D eigenvalue weighted by Crippen LogP contribution is -2.08. The number of ether oxygens (including phenoxy) is 1. The quantitative estimate of drug-likeness (QED) is 0.370.